The Labute approximate surface area is 203 Å². The van der Waals surface area contributed by atoms with Crippen molar-refractivity contribution in [2.75, 3.05) is 0 Å². The molecule has 0 aromatic heterocycles. The molecule has 1 heteroatoms. The van der Waals surface area contributed by atoms with Crippen LogP contribution in [0.4, 0.5) is 0 Å². The molecule has 0 saturated carbocycles. The van der Waals surface area contributed by atoms with Crippen LogP contribution >= 0.6 is 15.9 Å². The molecule has 0 unspecified atom stereocenters. The number of alkyl halides is 1. The van der Waals surface area contributed by atoms with Gasteiger partial charge in [0.2, 0.25) is 0 Å². The molecule has 0 atom stereocenters. The van der Waals surface area contributed by atoms with E-state index in [1.807, 2.05) is 0 Å². The van der Waals surface area contributed by atoms with E-state index >= 15 is 0 Å². The van der Waals surface area contributed by atoms with E-state index in [0.29, 0.717) is 0 Å². The van der Waals surface area contributed by atoms with Crippen LogP contribution in [-0.4, -0.2) is 0 Å². The maximum absolute atomic E-state index is 4.15. The molecule has 0 nitrogen and oxygen atoms in total. The molecule has 33 heavy (non-hydrogen) atoms. The lowest BCUT2D eigenvalue weighted by Gasteiger charge is -2.30. The van der Waals surface area contributed by atoms with Gasteiger partial charge in [0.05, 0.1) is 4.32 Å². The molecule has 6 rings (SSSR count). The highest BCUT2D eigenvalue weighted by Gasteiger charge is 2.31. The average Bonchev–Trinajstić information content (AvgIpc) is 2.88. The van der Waals surface area contributed by atoms with E-state index in [0.717, 1.165) is 0 Å². The van der Waals surface area contributed by atoms with Crippen molar-refractivity contribution in [3.8, 4) is 11.1 Å². The van der Waals surface area contributed by atoms with Crippen molar-refractivity contribution in [2.45, 2.75) is 10.2 Å². The van der Waals surface area contributed by atoms with Crippen LogP contribution in [0, 0.1) is 0 Å². The van der Waals surface area contributed by atoms with Crippen LogP contribution in [0.3, 0.4) is 0 Å². The third-order valence-corrected chi connectivity index (χ3v) is 7.58. The van der Waals surface area contributed by atoms with E-state index in [9.17, 15) is 0 Å². The second kappa shape index (κ2) is 8.17. The van der Waals surface area contributed by atoms with Crippen LogP contribution < -0.4 is 0 Å². The minimum Gasteiger partial charge on any atom is -0.0752 e. The van der Waals surface area contributed by atoms with Gasteiger partial charge in [-0.25, -0.2) is 0 Å². The highest BCUT2D eigenvalue weighted by Crippen LogP contribution is 2.49. The van der Waals surface area contributed by atoms with Gasteiger partial charge in [-0.2, -0.15) is 0 Å². The maximum Gasteiger partial charge on any atom is 0.0878 e. The quantitative estimate of drug-likeness (QED) is 0.135. The van der Waals surface area contributed by atoms with Crippen molar-refractivity contribution in [1.29, 1.82) is 0 Å². The summed E-state index contributed by atoms with van der Waals surface area (Å²) in [6, 6.07) is 39.0. The van der Waals surface area contributed by atoms with Gasteiger partial charge in [0, 0.05) is 5.92 Å². The van der Waals surface area contributed by atoms with Crippen molar-refractivity contribution >= 4 is 37.5 Å². The summed E-state index contributed by atoms with van der Waals surface area (Å²) in [5.74, 6) is 0.290. The molecule has 1 aliphatic carbocycles. The molecule has 0 spiro atoms. The first-order valence-corrected chi connectivity index (χ1v) is 12.2. The normalized spacial score (nSPS) is 19.8. The Kier molecular flexibility index (Phi) is 5.00. The SMILES string of the molecule is BrC1(c2c3ccccc3c(-c3ccccc3)c3ccccc23)C=CC(c2ccccc2)C=C1. The molecule has 0 bridgehead atoms. The summed E-state index contributed by atoms with van der Waals surface area (Å²) in [5, 5.41) is 5.12. The van der Waals surface area contributed by atoms with Gasteiger partial charge in [-0.05, 0) is 43.8 Å². The van der Waals surface area contributed by atoms with Crippen LogP contribution in [0.2, 0.25) is 0 Å². The highest BCUT2D eigenvalue weighted by molar-refractivity contribution is 9.09. The van der Waals surface area contributed by atoms with Crippen molar-refractivity contribution in [3.05, 3.63) is 145 Å². The summed E-state index contributed by atoms with van der Waals surface area (Å²) < 4.78 is -0.368. The van der Waals surface area contributed by atoms with Gasteiger partial charge in [0.15, 0.2) is 0 Å². The molecule has 0 N–H and O–H groups in total. The molecule has 0 radical (unpaired) electrons. The molecular formula is C32H23Br. The number of allylic oxidation sites excluding steroid dienone is 4. The van der Waals surface area contributed by atoms with Crippen LogP contribution in [-0.2, 0) is 4.32 Å². The molecule has 5 aromatic rings. The minimum atomic E-state index is -0.368. The number of hydrogen-bond acceptors (Lipinski definition) is 0. The van der Waals surface area contributed by atoms with E-state index in [2.05, 4.69) is 149 Å². The van der Waals surface area contributed by atoms with Crippen molar-refractivity contribution < 1.29 is 0 Å². The Morgan fingerprint density at radius 1 is 0.515 bits per heavy atom. The third-order valence-electron chi connectivity index (χ3n) is 6.65. The molecule has 0 fully saturated rings. The number of halogens is 1. The zero-order valence-electron chi connectivity index (χ0n) is 18.2. The predicted octanol–water partition coefficient (Wildman–Crippen LogP) is 9.16. The number of rotatable bonds is 3. The Hall–Kier alpha value is -3.42. The fraction of sp³-hybridized carbons (Fsp3) is 0.0625. The Morgan fingerprint density at radius 3 is 1.52 bits per heavy atom. The van der Waals surface area contributed by atoms with Gasteiger partial charge in [0.1, 0.15) is 0 Å². The van der Waals surface area contributed by atoms with Crippen molar-refractivity contribution in [1.82, 2.24) is 0 Å². The zero-order valence-corrected chi connectivity index (χ0v) is 19.7. The fourth-order valence-corrected chi connectivity index (χ4v) is 5.86. The van der Waals surface area contributed by atoms with Gasteiger partial charge in [0.25, 0.3) is 0 Å². The standard InChI is InChI=1S/C32H23Br/c33-32(21-19-24(20-22-32)23-11-3-1-4-12-23)31-28-17-9-7-15-26(28)30(25-13-5-2-6-14-25)27-16-8-10-18-29(27)31/h1-22,24H. The Bertz CT molecular complexity index is 1440. The first-order chi connectivity index (χ1) is 16.2. The lowest BCUT2D eigenvalue weighted by Crippen LogP contribution is -2.17. The van der Waals surface area contributed by atoms with Crippen LogP contribution in [0.1, 0.15) is 17.0 Å². The first kappa shape index (κ1) is 20.2. The molecular weight excluding hydrogens is 464 g/mol. The Balaban J connectivity index is 1.61. The number of benzene rings is 5. The zero-order chi connectivity index (χ0) is 22.3. The van der Waals surface area contributed by atoms with Gasteiger partial charge < -0.3 is 0 Å². The molecule has 158 valence electrons. The predicted molar refractivity (Wildman–Crippen MR) is 145 cm³/mol. The van der Waals surface area contributed by atoms with E-state index < -0.39 is 0 Å². The lowest BCUT2D eigenvalue weighted by molar-refractivity contribution is 0.942. The molecule has 1 aliphatic rings. The molecule has 0 amide bonds. The number of fused-ring (bicyclic) bond motifs is 2. The topological polar surface area (TPSA) is 0 Å². The summed E-state index contributed by atoms with van der Waals surface area (Å²) in [5.41, 5.74) is 5.16. The monoisotopic (exact) mass is 486 g/mol. The van der Waals surface area contributed by atoms with E-state index in [1.54, 1.807) is 0 Å². The third kappa shape index (κ3) is 3.44. The van der Waals surface area contributed by atoms with E-state index in [-0.39, 0.29) is 10.2 Å². The summed E-state index contributed by atoms with van der Waals surface area (Å²) in [6.07, 6.45) is 9.28. The van der Waals surface area contributed by atoms with E-state index in [4.69, 9.17) is 0 Å². The minimum absolute atomic E-state index is 0.290. The van der Waals surface area contributed by atoms with Gasteiger partial charge in [-0.3, -0.25) is 0 Å². The average molecular weight is 487 g/mol. The highest BCUT2D eigenvalue weighted by atomic mass is 79.9. The first-order valence-electron chi connectivity index (χ1n) is 11.4. The molecule has 0 heterocycles. The van der Waals surface area contributed by atoms with Crippen molar-refractivity contribution in [2.24, 2.45) is 0 Å². The van der Waals surface area contributed by atoms with Gasteiger partial charge in [-0.15, -0.1) is 0 Å². The molecule has 5 aromatic carbocycles. The van der Waals surface area contributed by atoms with Crippen molar-refractivity contribution in [3.63, 3.8) is 0 Å². The van der Waals surface area contributed by atoms with Gasteiger partial charge >= 0.3 is 0 Å². The summed E-state index contributed by atoms with van der Waals surface area (Å²) in [6.45, 7) is 0. The maximum atomic E-state index is 4.15. The lowest BCUT2D eigenvalue weighted by atomic mass is 9.80. The molecule has 0 saturated heterocycles. The summed E-state index contributed by atoms with van der Waals surface area (Å²) in [7, 11) is 0. The Morgan fingerprint density at radius 2 is 0.970 bits per heavy atom. The number of hydrogen-bond donors (Lipinski definition) is 0. The summed E-state index contributed by atoms with van der Waals surface area (Å²) in [4.78, 5) is 0. The van der Waals surface area contributed by atoms with Crippen LogP contribution in [0.5, 0.6) is 0 Å². The van der Waals surface area contributed by atoms with Crippen LogP contribution in [0.25, 0.3) is 32.7 Å². The largest absolute Gasteiger partial charge is 0.0878 e. The van der Waals surface area contributed by atoms with Gasteiger partial charge in [-0.1, -0.05) is 149 Å². The fourth-order valence-electron chi connectivity index (χ4n) is 5.13. The second-order valence-electron chi connectivity index (χ2n) is 8.63. The smallest absolute Gasteiger partial charge is 0.0752 e. The van der Waals surface area contributed by atoms with E-state index in [1.165, 1.54) is 43.8 Å². The molecule has 0 aliphatic heterocycles. The summed E-state index contributed by atoms with van der Waals surface area (Å²) >= 11 is 4.15. The van der Waals surface area contributed by atoms with Crippen LogP contribution in [0.15, 0.2) is 133 Å². The second-order valence-corrected chi connectivity index (χ2v) is 9.94.